The maximum absolute atomic E-state index is 14.0. The number of carbonyl (C=O) groups excluding carboxylic acids is 1. The minimum Gasteiger partial charge on any atom is -0.483 e. The molecule has 4 aromatic rings. The van der Waals surface area contributed by atoms with Gasteiger partial charge in [-0.2, -0.15) is 0 Å². The Morgan fingerprint density at radius 2 is 1.78 bits per heavy atom. The fraction of sp³-hybridized carbons (Fsp3) is 0.0435. The maximum Gasteiger partial charge on any atom is 0.290 e. The number of pyridine rings is 1. The summed E-state index contributed by atoms with van der Waals surface area (Å²) in [4.78, 5) is 32.4. The average molecular weight is 433 g/mol. The largest absolute Gasteiger partial charge is 0.483 e. The fourth-order valence-corrected chi connectivity index (χ4v) is 2.86. The molecule has 0 spiro atoms. The Balaban J connectivity index is 0.000000913. The van der Waals surface area contributed by atoms with Crippen molar-refractivity contribution in [1.82, 2.24) is 15.0 Å². The van der Waals surface area contributed by atoms with Crippen LogP contribution in [0.5, 0.6) is 0 Å². The number of carboxylic acid groups (broad SMARTS) is 1. The molecular weight excluding hydrogens is 413 g/mol. The zero-order valence-corrected chi connectivity index (χ0v) is 17.0. The van der Waals surface area contributed by atoms with E-state index in [1.807, 2.05) is 30.3 Å². The van der Waals surface area contributed by atoms with Gasteiger partial charge in [-0.3, -0.25) is 9.59 Å². The van der Waals surface area contributed by atoms with Gasteiger partial charge < -0.3 is 20.7 Å². The summed E-state index contributed by atoms with van der Waals surface area (Å²) in [6, 6.07) is 17.3. The van der Waals surface area contributed by atoms with E-state index < -0.39 is 11.7 Å². The van der Waals surface area contributed by atoms with Crippen LogP contribution in [0.1, 0.15) is 16.2 Å². The van der Waals surface area contributed by atoms with Gasteiger partial charge in [-0.05, 0) is 49.4 Å². The maximum atomic E-state index is 14.0. The van der Waals surface area contributed by atoms with Gasteiger partial charge in [0.05, 0.1) is 23.8 Å². The summed E-state index contributed by atoms with van der Waals surface area (Å²) >= 11 is 0. The molecule has 0 atom stereocenters. The average Bonchev–Trinajstić information content (AvgIpc) is 3.22. The first-order valence-electron chi connectivity index (χ1n) is 9.48. The van der Waals surface area contributed by atoms with Crippen LogP contribution in [0.25, 0.3) is 11.3 Å². The highest BCUT2D eigenvalue weighted by Crippen LogP contribution is 2.22. The van der Waals surface area contributed by atoms with Crippen LogP contribution in [0.15, 0.2) is 73.1 Å². The summed E-state index contributed by atoms with van der Waals surface area (Å²) in [5.74, 6) is 0.440. The number of nitrogens with one attached hydrogen (secondary N) is 3. The number of H-pyrrole nitrogens is 1. The molecule has 0 radical (unpaired) electrons. The van der Waals surface area contributed by atoms with E-state index >= 15 is 0 Å². The number of rotatable bonds is 5. The van der Waals surface area contributed by atoms with Gasteiger partial charge in [0.2, 0.25) is 0 Å². The molecule has 0 bridgehead atoms. The molecule has 0 fully saturated rings. The van der Waals surface area contributed by atoms with E-state index in [2.05, 4.69) is 25.6 Å². The zero-order valence-electron chi connectivity index (χ0n) is 17.0. The normalized spacial score (nSPS) is 9.94. The van der Waals surface area contributed by atoms with Crippen molar-refractivity contribution in [1.29, 1.82) is 0 Å². The highest BCUT2D eigenvalue weighted by Gasteiger charge is 2.12. The van der Waals surface area contributed by atoms with Crippen LogP contribution in [0.4, 0.5) is 21.6 Å². The summed E-state index contributed by atoms with van der Waals surface area (Å²) in [7, 11) is 0. The van der Waals surface area contributed by atoms with Crippen LogP contribution >= 0.6 is 0 Å². The number of aryl methyl sites for hydroxylation is 1. The number of hydrogen-bond acceptors (Lipinski definition) is 5. The first-order valence-corrected chi connectivity index (χ1v) is 9.48. The number of anilines is 3. The molecule has 9 heteroatoms. The summed E-state index contributed by atoms with van der Waals surface area (Å²) in [6.07, 6.45) is 3.15. The van der Waals surface area contributed by atoms with E-state index in [9.17, 15) is 9.18 Å². The molecule has 4 rings (SSSR count). The van der Waals surface area contributed by atoms with E-state index in [-0.39, 0.29) is 12.0 Å². The number of imidazole rings is 1. The Labute approximate surface area is 183 Å². The van der Waals surface area contributed by atoms with Gasteiger partial charge in [0, 0.05) is 16.8 Å². The lowest BCUT2D eigenvalue weighted by atomic mass is 10.1. The quantitative estimate of drug-likeness (QED) is 0.341. The SMILES string of the molecule is Cc1ncc(-c2cc(F)cc(C(=O)Nc3ccc(Nc4ccccc4)nc3)c2)[nH]1.O=CO. The number of carbonyl (C=O) groups is 2. The number of aromatic nitrogens is 3. The molecule has 2 aromatic heterocycles. The Bertz CT molecular complexity index is 1190. The van der Waals surface area contributed by atoms with E-state index in [0.717, 1.165) is 5.69 Å². The molecule has 162 valence electrons. The monoisotopic (exact) mass is 433 g/mol. The molecule has 1 amide bonds. The number of aromatic amines is 1. The Morgan fingerprint density at radius 1 is 1.03 bits per heavy atom. The number of nitrogens with zero attached hydrogens (tertiary/aromatic N) is 2. The van der Waals surface area contributed by atoms with Gasteiger partial charge in [-0.25, -0.2) is 14.4 Å². The lowest BCUT2D eigenvalue weighted by Gasteiger charge is -2.09. The van der Waals surface area contributed by atoms with Crippen molar-refractivity contribution in [3.05, 3.63) is 90.3 Å². The zero-order chi connectivity index (χ0) is 22.9. The molecule has 2 aromatic carbocycles. The predicted octanol–water partition coefficient (Wildman–Crippen LogP) is 4.62. The van der Waals surface area contributed by atoms with Crippen LogP contribution in [-0.2, 0) is 4.79 Å². The van der Waals surface area contributed by atoms with Crippen molar-refractivity contribution in [2.24, 2.45) is 0 Å². The van der Waals surface area contributed by atoms with E-state index in [0.29, 0.717) is 28.6 Å². The Hall–Kier alpha value is -4.53. The third kappa shape index (κ3) is 5.99. The van der Waals surface area contributed by atoms with Crippen LogP contribution in [0.3, 0.4) is 0 Å². The first kappa shape index (κ1) is 22.2. The summed E-state index contributed by atoms with van der Waals surface area (Å²) in [6.45, 7) is 1.56. The minimum atomic E-state index is -0.500. The molecule has 0 aliphatic rings. The fourth-order valence-electron chi connectivity index (χ4n) is 2.86. The predicted molar refractivity (Wildman–Crippen MR) is 119 cm³/mol. The van der Waals surface area contributed by atoms with Crippen LogP contribution < -0.4 is 10.6 Å². The molecule has 2 heterocycles. The van der Waals surface area contributed by atoms with E-state index in [4.69, 9.17) is 9.90 Å². The van der Waals surface area contributed by atoms with Crippen molar-refractivity contribution >= 4 is 29.6 Å². The molecule has 0 aliphatic carbocycles. The molecule has 0 aliphatic heterocycles. The second-order valence-corrected chi connectivity index (χ2v) is 6.59. The topological polar surface area (TPSA) is 120 Å². The first-order chi connectivity index (χ1) is 15.5. The number of hydrogen-bond donors (Lipinski definition) is 4. The van der Waals surface area contributed by atoms with Crippen molar-refractivity contribution in [3.63, 3.8) is 0 Å². The molecular formula is C23H20FN5O3. The van der Waals surface area contributed by atoms with Gasteiger partial charge >= 0.3 is 0 Å². The van der Waals surface area contributed by atoms with Gasteiger partial charge in [0.1, 0.15) is 17.5 Å². The number of para-hydroxylation sites is 1. The molecule has 4 N–H and O–H groups in total. The molecule has 0 saturated heterocycles. The van der Waals surface area contributed by atoms with Gasteiger partial charge in [-0.1, -0.05) is 18.2 Å². The second-order valence-electron chi connectivity index (χ2n) is 6.59. The van der Waals surface area contributed by atoms with Crippen molar-refractivity contribution in [2.75, 3.05) is 10.6 Å². The van der Waals surface area contributed by atoms with Gasteiger partial charge in [-0.15, -0.1) is 0 Å². The second kappa shape index (κ2) is 10.5. The van der Waals surface area contributed by atoms with E-state index in [1.54, 1.807) is 37.5 Å². The number of halogens is 1. The molecule has 32 heavy (non-hydrogen) atoms. The van der Waals surface area contributed by atoms with E-state index in [1.165, 1.54) is 12.1 Å². The standard InChI is InChI=1S/C22H18FN5O.CH2O2/c1-14-24-13-20(26-14)15-9-16(11-17(23)10-15)22(29)28-19-7-8-21(25-12-19)27-18-5-3-2-4-6-18;2-1-3/h2-13H,1H3,(H,24,26)(H,25,27)(H,28,29);1H,(H,2,3). The third-order valence-electron chi connectivity index (χ3n) is 4.24. The Kier molecular flexibility index (Phi) is 7.26. The summed E-state index contributed by atoms with van der Waals surface area (Å²) in [5, 5.41) is 12.8. The number of benzene rings is 2. The summed E-state index contributed by atoms with van der Waals surface area (Å²) < 4.78 is 14.0. The lowest BCUT2D eigenvalue weighted by Crippen LogP contribution is -2.12. The minimum absolute atomic E-state index is 0.207. The highest BCUT2D eigenvalue weighted by atomic mass is 19.1. The molecule has 0 saturated carbocycles. The van der Waals surface area contributed by atoms with Crippen LogP contribution in [0.2, 0.25) is 0 Å². The van der Waals surface area contributed by atoms with Gasteiger partial charge in [0.15, 0.2) is 0 Å². The molecule has 8 nitrogen and oxygen atoms in total. The third-order valence-corrected chi connectivity index (χ3v) is 4.24. The van der Waals surface area contributed by atoms with Crippen LogP contribution in [-0.4, -0.2) is 32.4 Å². The van der Waals surface area contributed by atoms with Crippen LogP contribution in [0, 0.1) is 12.7 Å². The van der Waals surface area contributed by atoms with Crippen molar-refractivity contribution in [2.45, 2.75) is 6.92 Å². The smallest absolute Gasteiger partial charge is 0.290 e. The van der Waals surface area contributed by atoms with Gasteiger partial charge in [0.25, 0.3) is 12.4 Å². The van der Waals surface area contributed by atoms with Crippen molar-refractivity contribution in [3.8, 4) is 11.3 Å². The summed E-state index contributed by atoms with van der Waals surface area (Å²) in [5.41, 5.74) is 2.83. The Morgan fingerprint density at radius 3 is 2.41 bits per heavy atom. The van der Waals surface area contributed by atoms with Crippen molar-refractivity contribution < 1.29 is 19.1 Å². The molecule has 0 unspecified atom stereocenters. The number of amides is 1. The highest BCUT2D eigenvalue weighted by molar-refractivity contribution is 6.04. The lowest BCUT2D eigenvalue weighted by molar-refractivity contribution is -0.122.